The van der Waals surface area contributed by atoms with Crippen LogP contribution in [0.15, 0.2) is 24.3 Å². The lowest BCUT2D eigenvalue weighted by molar-refractivity contribution is 0.466. The van der Waals surface area contributed by atoms with Crippen molar-refractivity contribution in [3.63, 3.8) is 0 Å². The van der Waals surface area contributed by atoms with E-state index in [0.717, 1.165) is 10.9 Å². The average Bonchev–Trinajstić information content (AvgIpc) is 2.17. The van der Waals surface area contributed by atoms with Gasteiger partial charge in [-0.3, -0.25) is 0 Å². The molecule has 2 nitrogen and oxygen atoms in total. The molecule has 1 N–H and O–H groups in total. The fourth-order valence-corrected chi connectivity index (χ4v) is 1.67. The molecule has 1 aromatic carbocycles. The van der Waals surface area contributed by atoms with Crippen molar-refractivity contribution in [1.29, 1.82) is 0 Å². The van der Waals surface area contributed by atoms with Gasteiger partial charge in [-0.25, -0.2) is 4.98 Å². The summed E-state index contributed by atoms with van der Waals surface area (Å²) < 4.78 is 0. The van der Waals surface area contributed by atoms with E-state index >= 15 is 0 Å². The lowest BCUT2D eigenvalue weighted by Gasteiger charge is -2.04. The molecule has 14 heavy (non-hydrogen) atoms. The second-order valence-electron chi connectivity index (χ2n) is 3.12. The minimum Gasteiger partial charge on any atom is -0.506 e. The number of fused-ring (bicyclic) bond motifs is 1. The van der Waals surface area contributed by atoms with Gasteiger partial charge in [0.15, 0.2) is 0 Å². The van der Waals surface area contributed by atoms with Gasteiger partial charge in [0.2, 0.25) is 0 Å². The van der Waals surface area contributed by atoms with E-state index in [1.807, 2.05) is 19.1 Å². The molecule has 0 bridgehead atoms. The first-order valence-electron chi connectivity index (χ1n) is 4.49. The highest BCUT2D eigenvalue weighted by Gasteiger charge is 2.05. The van der Waals surface area contributed by atoms with Crippen LogP contribution in [0, 0.1) is 0 Å². The van der Waals surface area contributed by atoms with E-state index in [1.54, 1.807) is 12.1 Å². The van der Waals surface area contributed by atoms with Crippen molar-refractivity contribution < 1.29 is 5.11 Å². The number of para-hydroxylation sites is 1. The van der Waals surface area contributed by atoms with E-state index in [9.17, 15) is 5.11 Å². The topological polar surface area (TPSA) is 33.1 Å². The highest BCUT2D eigenvalue weighted by Crippen LogP contribution is 2.26. The highest BCUT2D eigenvalue weighted by molar-refractivity contribution is 6.35. The smallest absolute Gasteiger partial charge is 0.137 e. The van der Waals surface area contributed by atoms with Crippen LogP contribution in [0.4, 0.5) is 0 Å². The fraction of sp³-hybridized carbons (Fsp3) is 0.182. The van der Waals surface area contributed by atoms with Crippen molar-refractivity contribution in [2.24, 2.45) is 0 Å². The van der Waals surface area contributed by atoms with E-state index < -0.39 is 0 Å². The number of rotatable bonds is 1. The molecule has 72 valence electrons. The standard InChI is InChI=1S/C11H10ClNO/c1-2-9-10(14)6-7-4-3-5-8(12)11(7)13-9/h3-6,14H,2H2,1H3. The zero-order valence-electron chi connectivity index (χ0n) is 7.79. The second kappa shape index (κ2) is 3.46. The van der Waals surface area contributed by atoms with Crippen LogP contribution in [0.5, 0.6) is 5.75 Å². The molecule has 1 heterocycles. The first kappa shape index (κ1) is 9.28. The predicted octanol–water partition coefficient (Wildman–Crippen LogP) is 3.16. The summed E-state index contributed by atoms with van der Waals surface area (Å²) in [6, 6.07) is 7.23. The van der Waals surface area contributed by atoms with Crippen molar-refractivity contribution in [1.82, 2.24) is 4.98 Å². The Kier molecular flexibility index (Phi) is 2.30. The van der Waals surface area contributed by atoms with Crippen molar-refractivity contribution in [2.75, 3.05) is 0 Å². The summed E-state index contributed by atoms with van der Waals surface area (Å²) in [5, 5.41) is 11.1. The number of aromatic nitrogens is 1. The number of nitrogens with zero attached hydrogens (tertiary/aromatic N) is 1. The molecule has 0 spiro atoms. The molecule has 3 heteroatoms. The van der Waals surface area contributed by atoms with Gasteiger partial charge >= 0.3 is 0 Å². The van der Waals surface area contributed by atoms with E-state index in [1.165, 1.54) is 0 Å². The first-order valence-corrected chi connectivity index (χ1v) is 4.87. The molecule has 0 radical (unpaired) electrons. The third kappa shape index (κ3) is 1.42. The number of benzene rings is 1. The van der Waals surface area contributed by atoms with E-state index in [4.69, 9.17) is 11.6 Å². The highest BCUT2D eigenvalue weighted by atomic mass is 35.5. The quantitative estimate of drug-likeness (QED) is 0.779. The summed E-state index contributed by atoms with van der Waals surface area (Å²) in [7, 11) is 0. The van der Waals surface area contributed by atoms with Crippen LogP contribution in [0.25, 0.3) is 10.9 Å². The number of hydrogen-bond acceptors (Lipinski definition) is 2. The Balaban J connectivity index is 2.80. The average molecular weight is 208 g/mol. The molecule has 1 aromatic heterocycles. The molecule has 0 aliphatic heterocycles. The lowest BCUT2D eigenvalue weighted by atomic mass is 10.1. The van der Waals surface area contributed by atoms with Crippen molar-refractivity contribution in [3.8, 4) is 5.75 Å². The van der Waals surface area contributed by atoms with Crippen LogP contribution in [0.3, 0.4) is 0 Å². The Labute approximate surface area is 87.2 Å². The number of aryl methyl sites for hydroxylation is 1. The number of hydrogen-bond donors (Lipinski definition) is 1. The maximum absolute atomic E-state index is 9.59. The Morgan fingerprint density at radius 2 is 2.21 bits per heavy atom. The monoisotopic (exact) mass is 207 g/mol. The largest absolute Gasteiger partial charge is 0.506 e. The van der Waals surface area contributed by atoms with Gasteiger partial charge in [-0.1, -0.05) is 30.7 Å². The fourth-order valence-electron chi connectivity index (χ4n) is 1.45. The summed E-state index contributed by atoms with van der Waals surface area (Å²) >= 11 is 5.99. The molecule has 0 aliphatic carbocycles. The predicted molar refractivity (Wildman–Crippen MR) is 57.8 cm³/mol. The van der Waals surface area contributed by atoms with Crippen molar-refractivity contribution in [3.05, 3.63) is 35.0 Å². The van der Waals surface area contributed by atoms with Gasteiger partial charge < -0.3 is 5.11 Å². The maximum atomic E-state index is 9.59. The summed E-state index contributed by atoms with van der Waals surface area (Å²) in [5.41, 5.74) is 1.44. The van der Waals surface area contributed by atoms with Gasteiger partial charge in [0.25, 0.3) is 0 Å². The summed E-state index contributed by atoms with van der Waals surface area (Å²) in [4.78, 5) is 4.31. The van der Waals surface area contributed by atoms with Gasteiger partial charge in [-0.05, 0) is 18.6 Å². The molecule has 0 saturated carbocycles. The minimum atomic E-state index is 0.238. The molecule has 2 rings (SSSR count). The SMILES string of the molecule is CCc1nc2c(Cl)cccc2cc1O. The molecule has 0 aliphatic rings. The van der Waals surface area contributed by atoms with Crippen LogP contribution >= 0.6 is 11.6 Å². The minimum absolute atomic E-state index is 0.238. The summed E-state index contributed by atoms with van der Waals surface area (Å²) in [6.45, 7) is 1.95. The number of aromatic hydroxyl groups is 1. The zero-order valence-corrected chi connectivity index (χ0v) is 8.54. The van der Waals surface area contributed by atoms with Gasteiger partial charge in [-0.15, -0.1) is 0 Å². The number of halogens is 1. The van der Waals surface area contributed by atoms with Gasteiger partial charge in [0.05, 0.1) is 16.2 Å². The normalized spacial score (nSPS) is 10.7. The van der Waals surface area contributed by atoms with Crippen molar-refractivity contribution >= 4 is 22.5 Å². The molecule has 0 atom stereocenters. The third-order valence-electron chi connectivity index (χ3n) is 2.19. The van der Waals surface area contributed by atoms with Crippen LogP contribution in [-0.2, 0) is 6.42 Å². The van der Waals surface area contributed by atoms with Gasteiger partial charge in [-0.2, -0.15) is 0 Å². The zero-order chi connectivity index (χ0) is 10.1. The molecule has 2 aromatic rings. The van der Waals surface area contributed by atoms with Crippen molar-refractivity contribution in [2.45, 2.75) is 13.3 Å². The van der Waals surface area contributed by atoms with Crippen LogP contribution in [-0.4, -0.2) is 10.1 Å². The first-order chi connectivity index (χ1) is 6.72. The summed E-state index contributed by atoms with van der Waals surface area (Å²) in [6.07, 6.45) is 0.701. The van der Waals surface area contributed by atoms with Crippen LogP contribution in [0.2, 0.25) is 5.02 Å². The Morgan fingerprint density at radius 3 is 2.93 bits per heavy atom. The molecule has 0 unspecified atom stereocenters. The van der Waals surface area contributed by atoms with Gasteiger partial charge in [0.1, 0.15) is 5.75 Å². The molecule has 0 amide bonds. The maximum Gasteiger partial charge on any atom is 0.137 e. The van der Waals surface area contributed by atoms with Crippen LogP contribution in [0.1, 0.15) is 12.6 Å². The number of pyridine rings is 1. The summed E-state index contributed by atoms with van der Waals surface area (Å²) in [5.74, 6) is 0.238. The van der Waals surface area contributed by atoms with Crippen LogP contribution < -0.4 is 0 Å². The lowest BCUT2D eigenvalue weighted by Crippen LogP contribution is -1.89. The molecular weight excluding hydrogens is 198 g/mol. The Morgan fingerprint density at radius 1 is 1.43 bits per heavy atom. The second-order valence-corrected chi connectivity index (χ2v) is 3.53. The van der Waals surface area contributed by atoms with E-state index in [-0.39, 0.29) is 5.75 Å². The molecule has 0 fully saturated rings. The van der Waals surface area contributed by atoms with E-state index in [0.29, 0.717) is 17.1 Å². The van der Waals surface area contributed by atoms with E-state index in [2.05, 4.69) is 4.98 Å². The molecular formula is C11H10ClNO. The Hall–Kier alpha value is -1.28. The third-order valence-corrected chi connectivity index (χ3v) is 2.49. The molecule has 0 saturated heterocycles. The Bertz CT molecular complexity index is 482. The van der Waals surface area contributed by atoms with Gasteiger partial charge in [0, 0.05) is 5.39 Å².